The van der Waals surface area contributed by atoms with Crippen molar-refractivity contribution < 1.29 is 24.3 Å². The molecule has 0 saturated heterocycles. The summed E-state index contributed by atoms with van der Waals surface area (Å²) in [5.41, 5.74) is 1.73. The van der Waals surface area contributed by atoms with E-state index in [2.05, 4.69) is 10.6 Å². The van der Waals surface area contributed by atoms with Crippen molar-refractivity contribution in [3.63, 3.8) is 0 Å². The highest BCUT2D eigenvalue weighted by atomic mass is 16.4. The van der Waals surface area contributed by atoms with E-state index in [0.717, 1.165) is 11.4 Å². The number of hydrogen-bond acceptors (Lipinski definition) is 5. The van der Waals surface area contributed by atoms with Crippen molar-refractivity contribution in [3.05, 3.63) is 84.4 Å². The van der Waals surface area contributed by atoms with Crippen LogP contribution in [0.2, 0.25) is 0 Å². The Labute approximate surface area is 221 Å². The molecule has 4 rings (SSSR count). The highest BCUT2D eigenvalue weighted by molar-refractivity contribution is 6.08. The van der Waals surface area contributed by atoms with E-state index in [9.17, 15) is 24.3 Å². The molecule has 0 radical (unpaired) electrons. The lowest BCUT2D eigenvalue weighted by atomic mass is 9.90. The molecule has 196 valence electrons. The lowest BCUT2D eigenvalue weighted by molar-refractivity contribution is -0.127. The fraction of sp³-hybridized carbons (Fsp3) is 0.241. The molecule has 1 aliphatic heterocycles. The zero-order valence-corrected chi connectivity index (χ0v) is 21.5. The van der Waals surface area contributed by atoms with Gasteiger partial charge in [0.1, 0.15) is 6.04 Å². The third-order valence-corrected chi connectivity index (χ3v) is 6.27. The van der Waals surface area contributed by atoms with Crippen LogP contribution < -0.4 is 20.4 Å². The van der Waals surface area contributed by atoms with Crippen molar-refractivity contribution in [2.75, 3.05) is 28.2 Å². The van der Waals surface area contributed by atoms with Crippen LogP contribution in [-0.4, -0.2) is 47.9 Å². The third kappa shape index (κ3) is 5.83. The number of para-hydroxylation sites is 3. The number of hydrogen-bond donors (Lipinski definition) is 3. The molecule has 3 aromatic rings. The standard InChI is InChI=1S/C29H30N4O5/c1-29(2,3)25(34)18-33-24-15-8-7-14-23(24)32(21-12-5-4-6-13-21)17-22(26(33)35)31-28(38)30-20-11-9-10-19(16-20)27(36)37/h4-16,22H,17-18H2,1-3H3,(H,36,37)(H2,30,31,38). The summed E-state index contributed by atoms with van der Waals surface area (Å²) in [6.07, 6.45) is 0. The highest BCUT2D eigenvalue weighted by Crippen LogP contribution is 2.37. The first kappa shape index (κ1) is 26.4. The minimum atomic E-state index is -1.12. The number of carboxylic acid groups (broad SMARTS) is 1. The van der Waals surface area contributed by atoms with Crippen molar-refractivity contribution >= 4 is 46.4 Å². The molecule has 0 fully saturated rings. The molecule has 1 unspecified atom stereocenters. The number of carbonyl (C=O) groups is 4. The van der Waals surface area contributed by atoms with Crippen molar-refractivity contribution in [2.45, 2.75) is 26.8 Å². The van der Waals surface area contributed by atoms with Crippen LogP contribution >= 0.6 is 0 Å². The number of anilines is 4. The molecule has 3 N–H and O–H groups in total. The summed E-state index contributed by atoms with van der Waals surface area (Å²) in [6, 6.07) is 20.9. The maximum atomic E-state index is 13.9. The molecule has 3 amide bonds. The lowest BCUT2D eigenvalue weighted by Crippen LogP contribution is -2.54. The molecule has 0 aliphatic carbocycles. The Morgan fingerprint density at radius 3 is 2.24 bits per heavy atom. The summed E-state index contributed by atoms with van der Waals surface area (Å²) in [7, 11) is 0. The minimum absolute atomic E-state index is 0.0194. The Balaban J connectivity index is 1.69. The summed E-state index contributed by atoms with van der Waals surface area (Å²) in [6.45, 7) is 5.36. The molecular formula is C29H30N4O5. The number of Topliss-reactive ketones (excluding diaryl/α,β-unsaturated/α-hetero) is 1. The molecule has 0 bridgehead atoms. The number of nitrogens with zero attached hydrogens (tertiary/aromatic N) is 2. The summed E-state index contributed by atoms with van der Waals surface area (Å²) >= 11 is 0. The molecule has 1 atom stereocenters. The predicted octanol–water partition coefficient (Wildman–Crippen LogP) is 4.68. The molecule has 9 heteroatoms. The van der Waals surface area contributed by atoms with Crippen LogP contribution in [0.4, 0.5) is 27.5 Å². The average molecular weight is 515 g/mol. The van der Waals surface area contributed by atoms with Gasteiger partial charge >= 0.3 is 12.0 Å². The van der Waals surface area contributed by atoms with Crippen LogP contribution in [-0.2, 0) is 9.59 Å². The van der Waals surface area contributed by atoms with Crippen molar-refractivity contribution in [2.24, 2.45) is 5.41 Å². The van der Waals surface area contributed by atoms with Crippen LogP contribution in [0.25, 0.3) is 0 Å². The van der Waals surface area contributed by atoms with Gasteiger partial charge in [-0.2, -0.15) is 0 Å². The number of carbonyl (C=O) groups excluding carboxylic acids is 3. The van der Waals surface area contributed by atoms with Gasteiger partial charge in [0.2, 0.25) is 0 Å². The van der Waals surface area contributed by atoms with Gasteiger partial charge in [0.15, 0.2) is 5.78 Å². The molecule has 0 saturated carbocycles. The monoisotopic (exact) mass is 514 g/mol. The van der Waals surface area contributed by atoms with Crippen molar-refractivity contribution in [3.8, 4) is 0 Å². The van der Waals surface area contributed by atoms with Crippen LogP contribution in [0.15, 0.2) is 78.9 Å². The second-order valence-electron chi connectivity index (χ2n) is 10.1. The van der Waals surface area contributed by atoms with E-state index in [0.29, 0.717) is 5.69 Å². The largest absolute Gasteiger partial charge is 0.478 e. The minimum Gasteiger partial charge on any atom is -0.478 e. The first-order chi connectivity index (χ1) is 18.0. The molecule has 1 heterocycles. The summed E-state index contributed by atoms with van der Waals surface area (Å²) in [4.78, 5) is 54.6. The summed E-state index contributed by atoms with van der Waals surface area (Å²) in [5, 5.41) is 14.6. The molecule has 3 aromatic carbocycles. The van der Waals surface area contributed by atoms with Gasteiger partial charge in [-0.3, -0.25) is 9.59 Å². The van der Waals surface area contributed by atoms with E-state index in [1.54, 1.807) is 39.0 Å². The van der Waals surface area contributed by atoms with Crippen LogP contribution in [0, 0.1) is 5.41 Å². The zero-order chi connectivity index (χ0) is 27.4. The fourth-order valence-electron chi connectivity index (χ4n) is 4.15. The predicted molar refractivity (Wildman–Crippen MR) is 146 cm³/mol. The molecular weight excluding hydrogens is 484 g/mol. The molecule has 9 nitrogen and oxygen atoms in total. The quantitative estimate of drug-likeness (QED) is 0.440. The van der Waals surface area contributed by atoms with Gasteiger partial charge in [-0.1, -0.05) is 57.2 Å². The van der Waals surface area contributed by atoms with Gasteiger partial charge in [-0.05, 0) is 42.5 Å². The highest BCUT2D eigenvalue weighted by Gasteiger charge is 2.37. The number of amides is 3. The Morgan fingerprint density at radius 2 is 1.58 bits per heavy atom. The number of aromatic carboxylic acids is 1. The topological polar surface area (TPSA) is 119 Å². The third-order valence-electron chi connectivity index (χ3n) is 6.27. The first-order valence-electron chi connectivity index (χ1n) is 12.2. The number of nitrogens with one attached hydrogen (secondary N) is 2. The fourth-order valence-corrected chi connectivity index (χ4v) is 4.15. The maximum absolute atomic E-state index is 13.9. The number of fused-ring (bicyclic) bond motifs is 1. The summed E-state index contributed by atoms with van der Waals surface area (Å²) in [5.74, 6) is -1.67. The Kier molecular flexibility index (Phi) is 7.47. The smallest absolute Gasteiger partial charge is 0.335 e. The van der Waals surface area contributed by atoms with Crippen molar-refractivity contribution in [1.82, 2.24) is 5.32 Å². The number of rotatable bonds is 6. The molecule has 0 spiro atoms. The van der Waals surface area contributed by atoms with E-state index >= 15 is 0 Å². The maximum Gasteiger partial charge on any atom is 0.335 e. The normalized spacial score (nSPS) is 15.3. The SMILES string of the molecule is CC(C)(C)C(=O)CN1C(=O)C(NC(=O)Nc2cccc(C(=O)O)c2)CN(c2ccccc2)c2ccccc21. The molecule has 1 aliphatic rings. The van der Waals surface area contributed by atoms with Gasteiger partial charge in [0.25, 0.3) is 5.91 Å². The van der Waals surface area contributed by atoms with E-state index in [1.165, 1.54) is 23.1 Å². The second-order valence-corrected chi connectivity index (χ2v) is 10.1. The van der Waals surface area contributed by atoms with E-state index < -0.39 is 29.4 Å². The lowest BCUT2D eigenvalue weighted by Gasteiger charge is -2.28. The van der Waals surface area contributed by atoms with Gasteiger partial charge < -0.3 is 25.5 Å². The average Bonchev–Trinajstić information content (AvgIpc) is 2.99. The Hall–Kier alpha value is -4.66. The number of carboxylic acids is 1. The van der Waals surface area contributed by atoms with E-state index in [1.807, 2.05) is 47.4 Å². The first-order valence-corrected chi connectivity index (χ1v) is 12.2. The van der Waals surface area contributed by atoms with Crippen LogP contribution in [0.3, 0.4) is 0 Å². The van der Waals surface area contributed by atoms with Gasteiger partial charge in [-0.25, -0.2) is 9.59 Å². The molecule has 38 heavy (non-hydrogen) atoms. The number of benzene rings is 3. The van der Waals surface area contributed by atoms with Gasteiger partial charge in [-0.15, -0.1) is 0 Å². The van der Waals surface area contributed by atoms with Crippen molar-refractivity contribution in [1.29, 1.82) is 0 Å². The van der Waals surface area contributed by atoms with E-state index in [4.69, 9.17) is 0 Å². The van der Waals surface area contributed by atoms with Gasteiger partial charge in [0.05, 0.1) is 30.0 Å². The molecule has 0 aromatic heterocycles. The van der Waals surface area contributed by atoms with Crippen LogP contribution in [0.5, 0.6) is 0 Å². The second kappa shape index (κ2) is 10.8. The van der Waals surface area contributed by atoms with Gasteiger partial charge in [0, 0.05) is 16.8 Å². The Bertz CT molecular complexity index is 1370. The number of urea groups is 1. The summed E-state index contributed by atoms with van der Waals surface area (Å²) < 4.78 is 0. The van der Waals surface area contributed by atoms with Crippen LogP contribution in [0.1, 0.15) is 31.1 Å². The number of ketones is 1. The Morgan fingerprint density at radius 1 is 0.921 bits per heavy atom. The van der Waals surface area contributed by atoms with E-state index in [-0.39, 0.29) is 30.1 Å². The zero-order valence-electron chi connectivity index (χ0n) is 21.5.